The molecule has 1 saturated heterocycles. The van der Waals surface area contributed by atoms with E-state index in [1.165, 1.54) is 125 Å². The van der Waals surface area contributed by atoms with Gasteiger partial charge in [0.05, 0.1) is 71.8 Å². The molecule has 794 valence electrons. The Hall–Kier alpha value is -7.85. The van der Waals surface area contributed by atoms with E-state index in [2.05, 4.69) is 18.9 Å². The van der Waals surface area contributed by atoms with Crippen LogP contribution in [0.5, 0.6) is 0 Å². The number of carbonyl (C=O) groups excluding carboxylic acids is 13. The van der Waals surface area contributed by atoms with E-state index in [0.717, 1.165) is 117 Å². The van der Waals surface area contributed by atoms with Crippen LogP contribution in [0.4, 0.5) is 70.2 Å². The van der Waals surface area contributed by atoms with E-state index in [4.69, 9.17) is 42.6 Å². The molecule has 10 atom stereocenters. The Kier molecular flexibility index (Phi) is 56.4. The zero-order chi connectivity index (χ0) is 104. The Morgan fingerprint density at radius 2 is 0.591 bits per heavy atom. The summed E-state index contributed by atoms with van der Waals surface area (Å²) >= 11 is 0. The Labute approximate surface area is 792 Å². The second-order valence-corrected chi connectivity index (χ2v) is 37.6. The number of alkyl halides is 16. The van der Waals surface area contributed by atoms with Crippen LogP contribution < -0.4 is 0 Å². The van der Waals surface area contributed by atoms with Crippen LogP contribution in [0, 0.1) is 75.9 Å². The lowest BCUT2D eigenvalue weighted by molar-refractivity contribution is -0.199. The third kappa shape index (κ3) is 48.9. The summed E-state index contributed by atoms with van der Waals surface area (Å²) in [5.74, 6) is -10.7. The summed E-state index contributed by atoms with van der Waals surface area (Å²) in [6, 6.07) is 0. The maximum Gasteiger partial charge on any atom is 0.401 e. The number of Topliss-reactive ketones (excluding diaryl/α,β-unsaturated/α-hetero) is 1. The van der Waals surface area contributed by atoms with Gasteiger partial charge in [0.25, 0.3) is 0 Å². The van der Waals surface area contributed by atoms with Crippen molar-refractivity contribution in [3.05, 3.63) is 0 Å². The highest BCUT2D eigenvalue weighted by molar-refractivity contribution is 5.80. The van der Waals surface area contributed by atoms with Gasteiger partial charge in [0, 0.05) is 36.5 Å². The van der Waals surface area contributed by atoms with Gasteiger partial charge in [-0.3, -0.25) is 28.8 Å². The summed E-state index contributed by atoms with van der Waals surface area (Å²) in [4.78, 5) is 142. The number of halogens is 16. The summed E-state index contributed by atoms with van der Waals surface area (Å²) in [6.07, 6.45) is 2.53. The van der Waals surface area contributed by atoms with Gasteiger partial charge in [-0.1, -0.05) is 6.42 Å². The monoisotopic (exact) mass is 2010 g/mol. The van der Waals surface area contributed by atoms with E-state index >= 15 is 0 Å². The predicted molar refractivity (Wildman–Crippen MR) is 461 cm³/mol. The van der Waals surface area contributed by atoms with Gasteiger partial charge in [0.15, 0.2) is 43.2 Å². The quantitative estimate of drug-likeness (QED) is 0.0492. The summed E-state index contributed by atoms with van der Waals surface area (Å²) in [7, 11) is 2.07. The molecule has 13 fully saturated rings. The molecule has 1 aliphatic heterocycles. The average Bonchev–Trinajstić information content (AvgIpc) is 0.754. The van der Waals surface area contributed by atoms with E-state index < -0.39 is 151 Å². The lowest BCUT2D eigenvalue weighted by Gasteiger charge is -2.56. The fourth-order valence-electron chi connectivity index (χ4n) is 18.3. The molecule has 0 radical (unpaired) electrons. The second kappa shape index (κ2) is 61.8. The molecular weight excluding hydrogens is 1860 g/mol. The molecule has 137 heavy (non-hydrogen) atoms. The van der Waals surface area contributed by atoms with Gasteiger partial charge >= 0.3 is 90.2 Å². The highest BCUT2D eigenvalue weighted by Crippen LogP contribution is 2.61. The molecule has 13 aliphatic rings. The minimum absolute atomic E-state index is 0.0237. The van der Waals surface area contributed by atoms with Gasteiger partial charge in [-0.2, -0.15) is 39.5 Å². The van der Waals surface area contributed by atoms with Crippen molar-refractivity contribution in [2.45, 2.75) is 394 Å². The van der Waals surface area contributed by atoms with Crippen LogP contribution in [0.1, 0.15) is 296 Å². The second-order valence-electron chi connectivity index (χ2n) is 37.6. The maximum absolute atomic E-state index is 12.9. The van der Waals surface area contributed by atoms with Crippen LogP contribution in [-0.4, -0.2) is 230 Å². The minimum Gasteiger partial charge on any atom is -0.469 e. The molecule has 10 unspecified atom stereocenters. The van der Waals surface area contributed by atoms with Gasteiger partial charge in [-0.15, -0.1) is 0 Å². The number of ketones is 1. The zero-order valence-corrected chi connectivity index (χ0v) is 81.7. The Morgan fingerprint density at radius 3 is 0.869 bits per heavy atom. The van der Waals surface area contributed by atoms with Gasteiger partial charge in [-0.05, 0) is 299 Å². The molecule has 0 aromatic heterocycles. The zero-order valence-electron chi connectivity index (χ0n) is 81.7. The van der Waals surface area contributed by atoms with Crippen molar-refractivity contribution in [2.75, 3.05) is 53.9 Å². The molecule has 0 spiro atoms. The van der Waals surface area contributed by atoms with Crippen LogP contribution in [0.25, 0.3) is 0 Å². The van der Waals surface area contributed by atoms with Crippen LogP contribution in [0.15, 0.2) is 0 Å². The van der Waals surface area contributed by atoms with E-state index in [-0.39, 0.29) is 71.4 Å². The molecule has 0 aromatic carbocycles. The maximum atomic E-state index is 12.9. The molecule has 0 aromatic rings. The van der Waals surface area contributed by atoms with E-state index in [0.29, 0.717) is 123 Å². The number of methoxy groups -OCH3 is 2. The molecule has 12 saturated carbocycles. The van der Waals surface area contributed by atoms with Gasteiger partial charge in [0.1, 0.15) is 54.1 Å². The smallest absolute Gasteiger partial charge is 0.401 e. The molecule has 1 heterocycles. The average molecular weight is 2010 g/mol. The predicted octanol–water partition coefficient (Wildman–Crippen LogP) is 19.8. The minimum atomic E-state index is -4.58. The van der Waals surface area contributed by atoms with Crippen LogP contribution in [-0.2, 0) is 124 Å². The van der Waals surface area contributed by atoms with Crippen LogP contribution in [0.3, 0.4) is 0 Å². The first-order valence-electron chi connectivity index (χ1n) is 47.6. The van der Waals surface area contributed by atoms with E-state index in [1.807, 2.05) is 0 Å². The normalized spacial score (nSPS) is 26.8. The van der Waals surface area contributed by atoms with Crippen molar-refractivity contribution >= 4 is 77.4 Å². The third-order valence-electron chi connectivity index (χ3n) is 25.1. The molecular formula is C95H146F16O26. The summed E-state index contributed by atoms with van der Waals surface area (Å²) in [6.45, 7) is 19.7. The summed E-state index contributed by atoms with van der Waals surface area (Å²) in [5.41, 5.74) is 0.466. The first kappa shape index (κ1) is 125. The third-order valence-corrected chi connectivity index (χ3v) is 25.1. The first-order chi connectivity index (χ1) is 63.7. The highest BCUT2D eigenvalue weighted by Gasteiger charge is 2.54. The molecule has 0 amide bonds. The van der Waals surface area contributed by atoms with Crippen LogP contribution in [0.2, 0.25) is 0 Å². The molecule has 12 aliphatic carbocycles. The SMILES string of the molecule is CC(C)OC(=O)C(C)C(F)(F)F.CC(F)C(=O)OC1CCC(=O)CC1.CC(F)C(=O)OC1CCC(C(=O)OCC23CC4CC(CC(C4)C2)C3)CC1.CC(F)C(=O)OC1CCCCC1.CC(F)C(=O)OC1CCOCC1.CC(F)C(=O)OCC12CC3CC(CC(C3)C1)C2.CCOC(=O)C(C)F.CCOC(=O)C1CCC(OC(=O)C(C)C(F)(F)F)CC1.COC(=O)C(C)C(F)(F)F.COC(=O)C(C)F. The lowest BCUT2D eigenvalue weighted by atomic mass is 9.50. The largest absolute Gasteiger partial charge is 0.469 e. The Morgan fingerprint density at radius 1 is 0.321 bits per heavy atom. The van der Waals surface area contributed by atoms with Crippen molar-refractivity contribution in [3.63, 3.8) is 0 Å². The van der Waals surface area contributed by atoms with Crippen molar-refractivity contribution in [2.24, 2.45) is 75.9 Å². The number of ether oxygens (including phenoxy) is 13. The van der Waals surface area contributed by atoms with Gasteiger partial charge < -0.3 is 61.6 Å². The van der Waals surface area contributed by atoms with Crippen LogP contribution >= 0.6 is 0 Å². The molecule has 42 heteroatoms. The van der Waals surface area contributed by atoms with Gasteiger partial charge in [-0.25, -0.2) is 64.3 Å². The van der Waals surface area contributed by atoms with Crippen molar-refractivity contribution in [1.29, 1.82) is 0 Å². The number of hydrogen-bond donors (Lipinski definition) is 0. The first-order valence-corrected chi connectivity index (χ1v) is 47.6. The fourth-order valence-corrected chi connectivity index (χ4v) is 18.3. The Bertz CT molecular complexity index is 3520. The van der Waals surface area contributed by atoms with Crippen molar-refractivity contribution in [3.8, 4) is 0 Å². The number of esters is 12. The summed E-state index contributed by atoms with van der Waals surface area (Å²) < 4.78 is 256. The topological polar surface area (TPSA) is 342 Å². The van der Waals surface area contributed by atoms with Crippen molar-refractivity contribution in [1.82, 2.24) is 0 Å². The van der Waals surface area contributed by atoms with E-state index in [1.54, 1.807) is 13.8 Å². The number of carbonyl (C=O) groups is 13. The molecule has 13 rings (SSSR count). The number of hydrogen-bond acceptors (Lipinski definition) is 26. The Balaban J connectivity index is 0.000000527. The van der Waals surface area contributed by atoms with E-state index in [9.17, 15) is 133 Å². The molecule has 8 bridgehead atoms. The molecule has 0 N–H and O–H groups in total. The van der Waals surface area contributed by atoms with Crippen molar-refractivity contribution < 1.29 is 194 Å². The summed E-state index contributed by atoms with van der Waals surface area (Å²) in [5, 5.41) is 0. The lowest BCUT2D eigenvalue weighted by Crippen LogP contribution is -2.48. The molecule has 26 nitrogen and oxygen atoms in total. The van der Waals surface area contributed by atoms with Gasteiger partial charge in [0.2, 0.25) is 0 Å². The standard InChI is InChI=1S/C21H31FO4.C14H21FO2.C13H19F3O4.C9H13FO3.C9H15FO2.C8H13FO3.C7H11F3O2.C5H7F3O2.C5H9FO2.C4H7FO2/c1-13(22)19(23)26-18-4-2-17(3-5-18)20(24)25-12-21-9-14-6-15(10-21)8-16(7-14)11-21;1-9(15)13(16)17-8-14-5-10-2-11(6-14)4-12(3-10)7-14;1-3-19-12(18)9-4-6-10(7-5-9)20-11(17)8(2)13(14,15)16;1-6(10)9(12)13-8-4-2-7(11)3-5-8;1-7(10)9(11)12-8-5-3-2-4-6-8;1-6(9)8(10)12-7-2-4-11-5-3-7;1-4(2)12-6(11)5(3)7(8,9)10;1-3(4(9)10-2)5(6,7)8;1-3-8-5(7)4(2)6;1-3(5)4(6)7-2/h13-18H,2-12H2,1H3;9-12H,2-8H2,1H3;8-10H,3-7H2,1-2H3;6,8H,2-5H2,1H3;7-8H,2-6H2,1H3;6-7H,2-5H2,1H3;4-5H,1-3H3;3H,1-2H3;4H,3H2,1-2H3;3H,1-2H3. The fraction of sp³-hybridized carbons (Fsp3) is 0.863. The highest BCUT2D eigenvalue weighted by atomic mass is 19.4. The number of rotatable bonds is 24.